The van der Waals surface area contributed by atoms with Crippen molar-refractivity contribution in [3.63, 3.8) is 0 Å². The van der Waals surface area contributed by atoms with Crippen molar-refractivity contribution in [1.82, 2.24) is 0 Å². The van der Waals surface area contributed by atoms with Gasteiger partial charge in [-0.15, -0.1) is 0 Å². The Morgan fingerprint density at radius 1 is 1.14 bits per heavy atom. The monoisotopic (exact) mass is 362 g/mol. The predicted octanol–water partition coefficient (Wildman–Crippen LogP) is 4.27. The van der Waals surface area contributed by atoms with Gasteiger partial charge in [0.2, 0.25) is 0 Å². The minimum Gasteiger partial charge on any atom is -0.320 e. The summed E-state index contributed by atoms with van der Waals surface area (Å²) in [6.45, 7) is 0. The van der Waals surface area contributed by atoms with Gasteiger partial charge in [0.05, 0.1) is 5.69 Å². The van der Waals surface area contributed by atoms with Crippen molar-refractivity contribution < 1.29 is 13.6 Å². The van der Waals surface area contributed by atoms with Crippen molar-refractivity contribution in [2.45, 2.75) is 0 Å². The molecule has 0 aliphatic carbocycles. The van der Waals surface area contributed by atoms with Crippen molar-refractivity contribution >= 4 is 33.6 Å². The number of amides is 1. The zero-order valence-corrected chi connectivity index (χ0v) is 12.7. The first kappa shape index (κ1) is 15.9. The fourth-order valence-electron chi connectivity index (χ4n) is 1.69. The molecule has 0 atom stereocenters. The molecule has 1 N–H and O–H groups in total. The van der Waals surface area contributed by atoms with Gasteiger partial charge in [0.25, 0.3) is 5.91 Å². The van der Waals surface area contributed by atoms with Crippen molar-refractivity contribution in [2.75, 3.05) is 5.32 Å². The summed E-state index contributed by atoms with van der Waals surface area (Å²) < 4.78 is 27.8. The van der Waals surface area contributed by atoms with Crippen molar-refractivity contribution in [1.29, 1.82) is 5.26 Å². The van der Waals surface area contributed by atoms with Gasteiger partial charge in [0.1, 0.15) is 23.3 Å². The van der Waals surface area contributed by atoms with Crippen molar-refractivity contribution in [3.05, 3.63) is 69.7 Å². The van der Waals surface area contributed by atoms with E-state index in [9.17, 15) is 13.6 Å². The largest absolute Gasteiger partial charge is 0.320 e. The second kappa shape index (κ2) is 6.96. The normalized spacial score (nSPS) is 10.9. The number of nitriles is 1. The van der Waals surface area contributed by atoms with E-state index in [1.54, 1.807) is 30.3 Å². The van der Waals surface area contributed by atoms with Gasteiger partial charge < -0.3 is 5.32 Å². The van der Waals surface area contributed by atoms with E-state index in [-0.39, 0.29) is 0 Å². The average molecular weight is 363 g/mol. The van der Waals surface area contributed by atoms with E-state index in [0.29, 0.717) is 10.2 Å². The molecule has 0 bridgehead atoms. The Kier molecular flexibility index (Phi) is 5.02. The maximum atomic E-state index is 13.6. The summed E-state index contributed by atoms with van der Waals surface area (Å²) in [5.41, 5.74) is -0.385. The molecule has 2 rings (SSSR count). The van der Waals surface area contributed by atoms with Crippen LogP contribution in [0, 0.1) is 23.0 Å². The van der Waals surface area contributed by atoms with E-state index in [1.165, 1.54) is 6.07 Å². The van der Waals surface area contributed by atoms with Crippen LogP contribution in [0.1, 0.15) is 5.56 Å². The molecule has 0 heterocycles. The molecular formula is C16H9BrF2N2O. The highest BCUT2D eigenvalue weighted by atomic mass is 79.9. The first-order valence-electron chi connectivity index (χ1n) is 6.14. The average Bonchev–Trinajstić information content (AvgIpc) is 2.49. The van der Waals surface area contributed by atoms with Crippen LogP contribution in [0.4, 0.5) is 14.5 Å². The second-order valence-electron chi connectivity index (χ2n) is 4.24. The molecular weight excluding hydrogens is 354 g/mol. The maximum absolute atomic E-state index is 13.6. The minimum atomic E-state index is -0.846. The third kappa shape index (κ3) is 3.57. The number of carbonyl (C=O) groups is 1. The minimum absolute atomic E-state index is 0.403. The summed E-state index contributed by atoms with van der Waals surface area (Å²) in [6.07, 6.45) is 0.886. The molecule has 0 aliphatic heterocycles. The lowest BCUT2D eigenvalue weighted by Gasteiger charge is -2.06. The van der Waals surface area contributed by atoms with Gasteiger partial charge in [-0.1, -0.05) is 18.2 Å². The standard InChI is InChI=1S/C16H9BrF2N2O/c17-12-4-1-2-7-15(12)21-16(22)10(9-20)8-11-13(18)5-3-6-14(11)19/h1-8H,(H,21,22)/b10-8-. The highest BCUT2D eigenvalue weighted by Crippen LogP contribution is 2.22. The summed E-state index contributed by atoms with van der Waals surface area (Å²) in [6, 6.07) is 11.7. The van der Waals surface area contributed by atoms with Gasteiger partial charge in [0, 0.05) is 10.0 Å². The van der Waals surface area contributed by atoms with Crippen LogP contribution in [0.15, 0.2) is 52.5 Å². The molecule has 6 heteroatoms. The molecule has 1 amide bonds. The highest BCUT2D eigenvalue weighted by molar-refractivity contribution is 9.10. The van der Waals surface area contributed by atoms with Gasteiger partial charge in [0.15, 0.2) is 0 Å². The van der Waals surface area contributed by atoms with Crippen LogP contribution in [0.25, 0.3) is 6.08 Å². The Bertz CT molecular complexity index is 777. The Morgan fingerprint density at radius 2 is 1.77 bits per heavy atom. The second-order valence-corrected chi connectivity index (χ2v) is 5.09. The predicted molar refractivity (Wildman–Crippen MR) is 82.7 cm³/mol. The molecule has 0 spiro atoms. The number of nitrogens with zero attached hydrogens (tertiary/aromatic N) is 1. The van der Waals surface area contributed by atoms with E-state index >= 15 is 0 Å². The zero-order valence-electron chi connectivity index (χ0n) is 11.1. The van der Waals surface area contributed by atoms with E-state index in [4.69, 9.17) is 5.26 Å². The molecule has 0 fully saturated rings. The molecule has 0 unspecified atom stereocenters. The number of carbonyl (C=O) groups excluding carboxylic acids is 1. The van der Waals surface area contributed by atoms with E-state index in [0.717, 1.165) is 18.2 Å². The zero-order chi connectivity index (χ0) is 16.1. The lowest BCUT2D eigenvalue weighted by atomic mass is 10.1. The quantitative estimate of drug-likeness (QED) is 0.654. The molecule has 0 aliphatic rings. The van der Waals surface area contributed by atoms with Crippen LogP contribution in [0.2, 0.25) is 0 Å². The van der Waals surface area contributed by atoms with Crippen molar-refractivity contribution in [2.24, 2.45) is 0 Å². The third-order valence-electron chi connectivity index (χ3n) is 2.78. The third-order valence-corrected chi connectivity index (χ3v) is 3.47. The number of hydrogen-bond donors (Lipinski definition) is 1. The summed E-state index contributed by atoms with van der Waals surface area (Å²) in [4.78, 5) is 12.1. The number of halogens is 3. The fraction of sp³-hybridized carbons (Fsp3) is 0. The first-order chi connectivity index (χ1) is 10.5. The summed E-state index contributed by atoms with van der Waals surface area (Å²) in [5, 5.41) is 11.6. The number of anilines is 1. The number of rotatable bonds is 3. The molecule has 0 saturated heterocycles. The highest BCUT2D eigenvalue weighted by Gasteiger charge is 2.14. The van der Waals surface area contributed by atoms with Crippen LogP contribution in [0.3, 0.4) is 0 Å². The SMILES string of the molecule is N#C/C(=C/c1c(F)cccc1F)C(=O)Nc1ccccc1Br. The van der Waals surface area contributed by atoms with E-state index < -0.39 is 28.7 Å². The molecule has 2 aromatic carbocycles. The van der Waals surface area contributed by atoms with Gasteiger partial charge in [-0.05, 0) is 46.3 Å². The Hall–Kier alpha value is -2.52. The number of hydrogen-bond acceptors (Lipinski definition) is 2. The molecule has 0 aromatic heterocycles. The lowest BCUT2D eigenvalue weighted by Crippen LogP contribution is -2.14. The maximum Gasteiger partial charge on any atom is 0.266 e. The summed E-state index contributed by atoms with van der Waals surface area (Å²) >= 11 is 3.25. The number of nitrogens with one attached hydrogen (secondary N) is 1. The van der Waals surface area contributed by atoms with Gasteiger partial charge in [-0.3, -0.25) is 4.79 Å². The topological polar surface area (TPSA) is 52.9 Å². The van der Waals surface area contributed by atoms with Crippen LogP contribution >= 0.6 is 15.9 Å². The number of benzene rings is 2. The first-order valence-corrected chi connectivity index (χ1v) is 6.94. The van der Waals surface area contributed by atoms with E-state index in [1.807, 2.05) is 0 Å². The molecule has 3 nitrogen and oxygen atoms in total. The smallest absolute Gasteiger partial charge is 0.266 e. The molecule has 2 aromatic rings. The van der Waals surface area contributed by atoms with Gasteiger partial charge in [-0.2, -0.15) is 5.26 Å². The molecule has 110 valence electrons. The lowest BCUT2D eigenvalue weighted by molar-refractivity contribution is -0.112. The fourth-order valence-corrected chi connectivity index (χ4v) is 2.08. The summed E-state index contributed by atoms with van der Waals surface area (Å²) in [7, 11) is 0. The number of para-hydroxylation sites is 1. The Balaban J connectivity index is 2.33. The van der Waals surface area contributed by atoms with Gasteiger partial charge >= 0.3 is 0 Å². The Labute approximate surface area is 134 Å². The van der Waals surface area contributed by atoms with Crippen LogP contribution < -0.4 is 5.32 Å². The summed E-state index contributed by atoms with van der Waals surface area (Å²) in [5.74, 6) is -2.44. The Morgan fingerprint density at radius 3 is 2.36 bits per heavy atom. The van der Waals surface area contributed by atoms with Gasteiger partial charge in [-0.25, -0.2) is 8.78 Å². The molecule has 22 heavy (non-hydrogen) atoms. The molecule has 0 saturated carbocycles. The molecule has 0 radical (unpaired) electrons. The van der Waals surface area contributed by atoms with Crippen LogP contribution in [0.5, 0.6) is 0 Å². The van der Waals surface area contributed by atoms with Crippen LogP contribution in [-0.2, 0) is 4.79 Å². The van der Waals surface area contributed by atoms with E-state index in [2.05, 4.69) is 21.2 Å². The van der Waals surface area contributed by atoms with Crippen LogP contribution in [-0.4, -0.2) is 5.91 Å². The van der Waals surface area contributed by atoms with Crippen molar-refractivity contribution in [3.8, 4) is 6.07 Å².